The summed E-state index contributed by atoms with van der Waals surface area (Å²) in [6.07, 6.45) is 0.751. The average Bonchev–Trinajstić information content (AvgIpc) is 2.65. The standard InChI is InChI=1S/C17H22FNO/c1-10-6-7-15(18)8-14(10)9-16(19-5)17-11(2)12(3)20-13(17)4/h6-8,16,19H,9H2,1-5H3. The smallest absolute Gasteiger partial charge is 0.123 e. The normalized spacial score (nSPS) is 12.7. The minimum atomic E-state index is -0.183. The molecule has 0 saturated carbocycles. The summed E-state index contributed by atoms with van der Waals surface area (Å²) in [7, 11) is 1.93. The van der Waals surface area contributed by atoms with E-state index in [0.29, 0.717) is 0 Å². The molecule has 0 amide bonds. The highest BCUT2D eigenvalue weighted by molar-refractivity contribution is 5.37. The maximum Gasteiger partial charge on any atom is 0.123 e. The second-order valence-electron chi connectivity index (χ2n) is 5.37. The second-order valence-corrected chi connectivity index (χ2v) is 5.37. The molecule has 1 heterocycles. The van der Waals surface area contributed by atoms with Crippen LogP contribution in [-0.2, 0) is 6.42 Å². The Bertz CT molecular complexity index is 616. The number of nitrogens with one attached hydrogen (secondary N) is 1. The van der Waals surface area contributed by atoms with Crippen molar-refractivity contribution in [1.29, 1.82) is 0 Å². The predicted molar refractivity (Wildman–Crippen MR) is 79.6 cm³/mol. The van der Waals surface area contributed by atoms with Crippen LogP contribution in [0.15, 0.2) is 22.6 Å². The zero-order valence-electron chi connectivity index (χ0n) is 12.8. The summed E-state index contributed by atoms with van der Waals surface area (Å²) in [4.78, 5) is 0. The molecule has 2 aromatic rings. The SMILES string of the molecule is CNC(Cc1cc(F)ccc1C)c1c(C)oc(C)c1C. The van der Waals surface area contributed by atoms with Crippen LogP contribution in [0.1, 0.15) is 39.8 Å². The summed E-state index contributed by atoms with van der Waals surface area (Å²) in [6, 6.07) is 5.09. The maximum absolute atomic E-state index is 13.4. The fourth-order valence-corrected chi connectivity index (χ4v) is 2.75. The van der Waals surface area contributed by atoms with E-state index in [9.17, 15) is 4.39 Å². The minimum absolute atomic E-state index is 0.132. The lowest BCUT2D eigenvalue weighted by molar-refractivity contribution is 0.489. The van der Waals surface area contributed by atoms with Crippen molar-refractivity contribution < 1.29 is 8.81 Å². The number of likely N-dealkylation sites (N-methyl/N-ethyl adjacent to an activating group) is 1. The van der Waals surface area contributed by atoms with Crippen LogP contribution in [0.25, 0.3) is 0 Å². The molecule has 2 nitrogen and oxygen atoms in total. The quantitative estimate of drug-likeness (QED) is 0.906. The highest BCUT2D eigenvalue weighted by Gasteiger charge is 2.20. The van der Waals surface area contributed by atoms with E-state index < -0.39 is 0 Å². The van der Waals surface area contributed by atoms with Crippen LogP contribution < -0.4 is 5.32 Å². The van der Waals surface area contributed by atoms with Crippen LogP contribution in [0, 0.1) is 33.5 Å². The maximum atomic E-state index is 13.4. The number of halogens is 1. The first-order valence-corrected chi connectivity index (χ1v) is 6.92. The monoisotopic (exact) mass is 275 g/mol. The number of furan rings is 1. The van der Waals surface area contributed by atoms with Gasteiger partial charge in [0.05, 0.1) is 0 Å². The Balaban J connectivity index is 2.36. The first-order chi connectivity index (χ1) is 9.43. The summed E-state index contributed by atoms with van der Waals surface area (Å²) in [5.74, 6) is 1.71. The second kappa shape index (κ2) is 5.80. The Morgan fingerprint density at radius 2 is 1.85 bits per heavy atom. The summed E-state index contributed by atoms with van der Waals surface area (Å²) in [5, 5.41) is 3.33. The fourth-order valence-electron chi connectivity index (χ4n) is 2.75. The van der Waals surface area contributed by atoms with Crippen molar-refractivity contribution in [1.82, 2.24) is 5.32 Å². The molecule has 0 saturated heterocycles. The van der Waals surface area contributed by atoms with Gasteiger partial charge in [-0.3, -0.25) is 0 Å². The predicted octanol–water partition coefficient (Wildman–Crippen LogP) is 4.16. The highest BCUT2D eigenvalue weighted by atomic mass is 19.1. The van der Waals surface area contributed by atoms with Crippen LogP contribution >= 0.6 is 0 Å². The lowest BCUT2D eigenvalue weighted by Gasteiger charge is -2.18. The molecule has 1 unspecified atom stereocenters. The summed E-state index contributed by atoms with van der Waals surface area (Å²) < 4.78 is 19.1. The minimum Gasteiger partial charge on any atom is -0.466 e. The fraction of sp³-hybridized carbons (Fsp3) is 0.412. The summed E-state index contributed by atoms with van der Waals surface area (Å²) in [5.41, 5.74) is 4.51. The molecular formula is C17H22FNO. The van der Waals surface area contributed by atoms with E-state index >= 15 is 0 Å². The van der Waals surface area contributed by atoms with Crippen molar-refractivity contribution in [3.05, 3.63) is 57.8 Å². The molecule has 0 radical (unpaired) electrons. The number of benzene rings is 1. The summed E-state index contributed by atoms with van der Waals surface area (Å²) in [6.45, 7) is 8.05. The molecule has 0 aliphatic rings. The van der Waals surface area contributed by atoms with Crippen molar-refractivity contribution in [2.45, 2.75) is 40.2 Å². The van der Waals surface area contributed by atoms with Gasteiger partial charge in [0.15, 0.2) is 0 Å². The molecule has 3 heteroatoms. The molecule has 0 aliphatic carbocycles. The number of rotatable bonds is 4. The van der Waals surface area contributed by atoms with E-state index in [1.807, 2.05) is 33.9 Å². The van der Waals surface area contributed by atoms with Gasteiger partial charge in [-0.25, -0.2) is 4.39 Å². The van der Waals surface area contributed by atoms with Crippen LogP contribution in [0.3, 0.4) is 0 Å². The van der Waals surface area contributed by atoms with E-state index in [1.54, 1.807) is 6.07 Å². The molecule has 0 aliphatic heterocycles. The van der Waals surface area contributed by atoms with Crippen molar-refractivity contribution in [2.24, 2.45) is 0 Å². The molecule has 1 atom stereocenters. The Labute approximate surface area is 120 Å². The lowest BCUT2D eigenvalue weighted by atomic mass is 9.94. The van der Waals surface area contributed by atoms with Crippen LogP contribution in [0.5, 0.6) is 0 Å². The number of hydrogen-bond acceptors (Lipinski definition) is 2. The molecule has 20 heavy (non-hydrogen) atoms. The van der Waals surface area contributed by atoms with E-state index in [-0.39, 0.29) is 11.9 Å². The largest absolute Gasteiger partial charge is 0.466 e. The van der Waals surface area contributed by atoms with Gasteiger partial charge in [0.1, 0.15) is 17.3 Å². The lowest BCUT2D eigenvalue weighted by Crippen LogP contribution is -2.20. The van der Waals surface area contributed by atoms with Gasteiger partial charge in [0.25, 0.3) is 0 Å². The van der Waals surface area contributed by atoms with E-state index in [2.05, 4.69) is 12.2 Å². The van der Waals surface area contributed by atoms with Gasteiger partial charge in [0.2, 0.25) is 0 Å². The number of hydrogen-bond donors (Lipinski definition) is 1. The Morgan fingerprint density at radius 1 is 1.15 bits per heavy atom. The van der Waals surface area contributed by atoms with Crippen molar-refractivity contribution in [3.63, 3.8) is 0 Å². The molecule has 1 N–H and O–H groups in total. The number of aryl methyl sites for hydroxylation is 3. The topological polar surface area (TPSA) is 25.2 Å². The van der Waals surface area contributed by atoms with E-state index in [4.69, 9.17) is 4.42 Å². The zero-order chi connectivity index (χ0) is 14.9. The Kier molecular flexibility index (Phi) is 4.29. The molecule has 0 bridgehead atoms. The molecule has 0 fully saturated rings. The van der Waals surface area contributed by atoms with Crippen molar-refractivity contribution in [2.75, 3.05) is 7.05 Å². The van der Waals surface area contributed by atoms with Crippen LogP contribution in [-0.4, -0.2) is 7.05 Å². The van der Waals surface area contributed by atoms with Gasteiger partial charge in [0, 0.05) is 11.6 Å². The van der Waals surface area contributed by atoms with E-state index in [1.165, 1.54) is 17.2 Å². The molecule has 0 spiro atoms. The van der Waals surface area contributed by atoms with Gasteiger partial charge in [-0.15, -0.1) is 0 Å². The van der Waals surface area contributed by atoms with Crippen molar-refractivity contribution >= 4 is 0 Å². The van der Waals surface area contributed by atoms with Crippen LogP contribution in [0.2, 0.25) is 0 Å². The van der Waals surface area contributed by atoms with E-state index in [0.717, 1.165) is 29.1 Å². The molecule has 1 aromatic carbocycles. The molecule has 2 rings (SSSR count). The first-order valence-electron chi connectivity index (χ1n) is 6.92. The molecule has 108 valence electrons. The third kappa shape index (κ3) is 2.78. The van der Waals surface area contributed by atoms with Gasteiger partial charge in [-0.2, -0.15) is 0 Å². The summed E-state index contributed by atoms with van der Waals surface area (Å²) >= 11 is 0. The van der Waals surface area contributed by atoms with Gasteiger partial charge in [-0.1, -0.05) is 6.07 Å². The molecular weight excluding hydrogens is 253 g/mol. The Morgan fingerprint density at radius 3 is 2.40 bits per heavy atom. The highest BCUT2D eigenvalue weighted by Crippen LogP contribution is 2.29. The Hall–Kier alpha value is -1.61. The third-order valence-electron chi connectivity index (χ3n) is 4.05. The van der Waals surface area contributed by atoms with Gasteiger partial charge >= 0.3 is 0 Å². The third-order valence-corrected chi connectivity index (χ3v) is 4.05. The van der Waals surface area contributed by atoms with Gasteiger partial charge < -0.3 is 9.73 Å². The van der Waals surface area contributed by atoms with Crippen molar-refractivity contribution in [3.8, 4) is 0 Å². The first kappa shape index (κ1) is 14.8. The average molecular weight is 275 g/mol. The molecule has 1 aromatic heterocycles. The van der Waals surface area contributed by atoms with Crippen LogP contribution in [0.4, 0.5) is 4.39 Å². The zero-order valence-corrected chi connectivity index (χ0v) is 12.8. The van der Waals surface area contributed by atoms with Gasteiger partial charge in [-0.05, 0) is 70.0 Å².